The van der Waals surface area contributed by atoms with E-state index in [0.29, 0.717) is 24.2 Å². The van der Waals surface area contributed by atoms with Gasteiger partial charge in [-0.25, -0.2) is 4.79 Å². The van der Waals surface area contributed by atoms with Gasteiger partial charge in [0, 0.05) is 18.3 Å². The average Bonchev–Trinajstić information content (AvgIpc) is 2.39. The Bertz CT molecular complexity index is 492. The first-order valence-corrected chi connectivity index (χ1v) is 6.12. The van der Waals surface area contributed by atoms with E-state index in [2.05, 4.69) is 6.07 Å². The third-order valence-corrected chi connectivity index (χ3v) is 2.82. The lowest BCUT2D eigenvalue weighted by atomic mass is 10.1. The molecule has 0 heterocycles. The molecule has 0 bridgehead atoms. The number of methoxy groups -OCH3 is 1. The highest BCUT2D eigenvalue weighted by Crippen LogP contribution is 2.26. The molecule has 0 aliphatic heterocycles. The molecule has 0 amide bonds. The molecule has 0 saturated heterocycles. The normalized spacial score (nSPS) is 10.1. The maximum absolute atomic E-state index is 11.8. The van der Waals surface area contributed by atoms with Gasteiger partial charge in [-0.3, -0.25) is 0 Å². The summed E-state index contributed by atoms with van der Waals surface area (Å²) in [5.74, 6) is -0.426. The van der Waals surface area contributed by atoms with Crippen molar-refractivity contribution in [1.82, 2.24) is 0 Å². The van der Waals surface area contributed by atoms with Crippen molar-refractivity contribution in [3.63, 3.8) is 0 Å². The Morgan fingerprint density at radius 1 is 1.53 bits per heavy atom. The minimum absolute atomic E-state index is 0.167. The van der Waals surface area contributed by atoms with Crippen molar-refractivity contribution in [1.29, 1.82) is 5.26 Å². The van der Waals surface area contributed by atoms with Crippen LogP contribution in [0.25, 0.3) is 0 Å². The van der Waals surface area contributed by atoms with Gasteiger partial charge in [-0.1, -0.05) is 0 Å². The van der Waals surface area contributed by atoms with Gasteiger partial charge in [0.15, 0.2) is 0 Å². The van der Waals surface area contributed by atoms with Gasteiger partial charge >= 0.3 is 5.97 Å². The number of rotatable bonds is 5. The lowest BCUT2D eigenvalue weighted by Crippen LogP contribution is -2.33. The fraction of sp³-hybridized carbons (Fsp3) is 0.429. The first kappa shape index (κ1) is 14.8. The van der Waals surface area contributed by atoms with Crippen LogP contribution in [0.2, 0.25) is 0 Å². The van der Waals surface area contributed by atoms with Crippen molar-refractivity contribution in [2.75, 3.05) is 24.3 Å². The van der Waals surface area contributed by atoms with Crippen LogP contribution in [-0.4, -0.2) is 25.7 Å². The molecule has 0 aliphatic rings. The van der Waals surface area contributed by atoms with E-state index < -0.39 is 5.97 Å². The summed E-state index contributed by atoms with van der Waals surface area (Å²) in [4.78, 5) is 13.8. The Labute approximate surface area is 113 Å². The lowest BCUT2D eigenvalue weighted by Gasteiger charge is -2.29. The van der Waals surface area contributed by atoms with E-state index >= 15 is 0 Å². The summed E-state index contributed by atoms with van der Waals surface area (Å²) in [6.45, 7) is 4.58. The second kappa shape index (κ2) is 6.64. The van der Waals surface area contributed by atoms with Crippen molar-refractivity contribution in [2.24, 2.45) is 0 Å². The maximum atomic E-state index is 11.8. The predicted molar refractivity (Wildman–Crippen MR) is 74.9 cm³/mol. The van der Waals surface area contributed by atoms with Gasteiger partial charge in [0.1, 0.15) is 0 Å². The molecule has 0 atom stereocenters. The number of anilines is 2. The van der Waals surface area contributed by atoms with Gasteiger partial charge in [0.05, 0.1) is 30.9 Å². The highest BCUT2D eigenvalue weighted by atomic mass is 16.5. The molecule has 0 fully saturated rings. The summed E-state index contributed by atoms with van der Waals surface area (Å²) >= 11 is 0. The monoisotopic (exact) mass is 261 g/mol. The number of ether oxygens (including phenoxy) is 1. The molecule has 1 rings (SSSR count). The molecule has 0 spiro atoms. The van der Waals surface area contributed by atoms with Crippen LogP contribution in [-0.2, 0) is 4.74 Å². The van der Waals surface area contributed by atoms with Crippen LogP contribution in [0, 0.1) is 11.3 Å². The van der Waals surface area contributed by atoms with E-state index in [4.69, 9.17) is 15.7 Å². The number of nitriles is 1. The number of nitrogen functional groups attached to an aromatic ring is 1. The van der Waals surface area contributed by atoms with Gasteiger partial charge in [-0.15, -0.1) is 0 Å². The summed E-state index contributed by atoms with van der Waals surface area (Å²) in [7, 11) is 1.34. The summed E-state index contributed by atoms with van der Waals surface area (Å²) in [5.41, 5.74) is 7.39. The molecule has 2 N–H and O–H groups in total. The summed E-state index contributed by atoms with van der Waals surface area (Å²) in [6.07, 6.45) is 0.392. The topological polar surface area (TPSA) is 79.3 Å². The van der Waals surface area contributed by atoms with Crippen LogP contribution in [0.5, 0.6) is 0 Å². The minimum atomic E-state index is -0.426. The van der Waals surface area contributed by atoms with Gasteiger partial charge in [0.25, 0.3) is 0 Å². The van der Waals surface area contributed by atoms with Crippen LogP contribution < -0.4 is 10.6 Å². The maximum Gasteiger partial charge on any atom is 0.340 e. The van der Waals surface area contributed by atoms with Crippen molar-refractivity contribution in [3.05, 3.63) is 23.8 Å². The predicted octanol–water partition coefficient (Wildman–Crippen LogP) is 2.18. The Kier molecular flexibility index (Phi) is 5.19. The second-order valence-electron chi connectivity index (χ2n) is 4.46. The van der Waals surface area contributed by atoms with Crippen molar-refractivity contribution < 1.29 is 9.53 Å². The molecule has 0 aromatic heterocycles. The van der Waals surface area contributed by atoms with Gasteiger partial charge in [-0.2, -0.15) is 5.26 Å². The highest BCUT2D eigenvalue weighted by Gasteiger charge is 2.19. The molecule has 102 valence electrons. The Morgan fingerprint density at radius 2 is 2.21 bits per heavy atom. The van der Waals surface area contributed by atoms with E-state index in [1.54, 1.807) is 18.2 Å². The van der Waals surface area contributed by atoms with Gasteiger partial charge in [0.2, 0.25) is 0 Å². The van der Waals surface area contributed by atoms with Crippen LogP contribution >= 0.6 is 0 Å². The number of carbonyl (C=O) groups is 1. The van der Waals surface area contributed by atoms with E-state index in [0.717, 1.165) is 5.69 Å². The quantitative estimate of drug-likeness (QED) is 0.649. The first-order valence-electron chi connectivity index (χ1n) is 6.12. The highest BCUT2D eigenvalue weighted by molar-refractivity contribution is 5.97. The fourth-order valence-electron chi connectivity index (χ4n) is 1.90. The fourth-order valence-corrected chi connectivity index (χ4v) is 1.90. The molecule has 0 unspecified atom stereocenters. The number of carbonyl (C=O) groups excluding carboxylic acids is 1. The second-order valence-corrected chi connectivity index (χ2v) is 4.46. The zero-order valence-electron chi connectivity index (χ0n) is 11.5. The molecular formula is C14H19N3O2. The van der Waals surface area contributed by atoms with Crippen LogP contribution in [0.4, 0.5) is 11.4 Å². The number of nitrogens with zero attached hydrogens (tertiary/aromatic N) is 2. The summed E-state index contributed by atoms with van der Waals surface area (Å²) in [6, 6.07) is 7.41. The van der Waals surface area contributed by atoms with Crippen molar-refractivity contribution >= 4 is 17.3 Å². The van der Waals surface area contributed by atoms with E-state index in [-0.39, 0.29) is 6.04 Å². The molecule has 1 aromatic carbocycles. The zero-order chi connectivity index (χ0) is 14.4. The largest absolute Gasteiger partial charge is 0.465 e. The Balaban J connectivity index is 3.22. The molecule has 0 saturated carbocycles. The number of benzene rings is 1. The standard InChI is InChI=1S/C14H19N3O2/c1-10(2)17(8-4-7-15)13-6-5-11(16)9-12(13)14(18)19-3/h5-6,9-10H,4,8,16H2,1-3H3. The van der Waals surface area contributed by atoms with Crippen LogP contribution in [0.1, 0.15) is 30.6 Å². The van der Waals surface area contributed by atoms with Crippen LogP contribution in [0.3, 0.4) is 0 Å². The molecule has 1 aromatic rings. The van der Waals surface area contributed by atoms with Gasteiger partial charge in [-0.05, 0) is 32.0 Å². The number of hydrogen-bond acceptors (Lipinski definition) is 5. The van der Waals surface area contributed by atoms with E-state index in [1.165, 1.54) is 7.11 Å². The van der Waals surface area contributed by atoms with E-state index in [1.807, 2.05) is 18.7 Å². The third kappa shape index (κ3) is 3.62. The first-order chi connectivity index (χ1) is 9.01. The molecule has 5 nitrogen and oxygen atoms in total. The molecule has 0 aliphatic carbocycles. The number of esters is 1. The Hall–Kier alpha value is -2.22. The Morgan fingerprint density at radius 3 is 2.74 bits per heavy atom. The number of nitrogens with two attached hydrogens (primary N) is 1. The lowest BCUT2D eigenvalue weighted by molar-refractivity contribution is 0.0601. The molecular weight excluding hydrogens is 242 g/mol. The zero-order valence-corrected chi connectivity index (χ0v) is 11.5. The molecule has 0 radical (unpaired) electrons. The van der Waals surface area contributed by atoms with Crippen molar-refractivity contribution in [2.45, 2.75) is 26.3 Å². The van der Waals surface area contributed by atoms with Crippen LogP contribution in [0.15, 0.2) is 18.2 Å². The van der Waals surface area contributed by atoms with Crippen molar-refractivity contribution in [3.8, 4) is 6.07 Å². The third-order valence-electron chi connectivity index (χ3n) is 2.82. The summed E-state index contributed by atoms with van der Waals surface area (Å²) < 4.78 is 4.78. The van der Waals surface area contributed by atoms with Gasteiger partial charge < -0.3 is 15.4 Å². The summed E-state index contributed by atoms with van der Waals surface area (Å²) in [5, 5.41) is 8.72. The molecule has 19 heavy (non-hydrogen) atoms. The SMILES string of the molecule is COC(=O)c1cc(N)ccc1N(CCC#N)C(C)C. The average molecular weight is 261 g/mol. The van der Waals surface area contributed by atoms with E-state index in [9.17, 15) is 4.79 Å². The minimum Gasteiger partial charge on any atom is -0.465 e. The molecule has 5 heteroatoms. The smallest absolute Gasteiger partial charge is 0.340 e. The number of hydrogen-bond donors (Lipinski definition) is 1.